The van der Waals surface area contributed by atoms with Crippen molar-refractivity contribution in [3.05, 3.63) is 71.8 Å². The molecular weight excluding hydrogens is 312 g/mol. The Morgan fingerprint density at radius 3 is 2.22 bits per heavy atom. The minimum atomic E-state index is -1.25. The number of carbonyl (C=O) groups is 2. The summed E-state index contributed by atoms with van der Waals surface area (Å²) in [6.45, 7) is 0. The van der Waals surface area contributed by atoms with E-state index in [0.29, 0.717) is 4.90 Å². The summed E-state index contributed by atoms with van der Waals surface area (Å²) < 4.78 is 0. The molecule has 0 unspecified atom stereocenters. The van der Waals surface area contributed by atoms with Gasteiger partial charge in [-0.1, -0.05) is 48.2 Å². The average Bonchev–Trinajstić information content (AvgIpc) is 2.54. The van der Waals surface area contributed by atoms with Gasteiger partial charge in [0.15, 0.2) is 0 Å². The normalized spacial score (nSPS) is 10.6. The van der Waals surface area contributed by atoms with E-state index in [0.717, 1.165) is 15.7 Å². The lowest BCUT2D eigenvalue weighted by atomic mass is 10.1. The lowest BCUT2D eigenvalue weighted by molar-refractivity contribution is 0.0648. The summed E-state index contributed by atoms with van der Waals surface area (Å²) in [6, 6.07) is 18.1. The molecule has 3 rings (SSSR count). The molecule has 0 aliphatic rings. The van der Waals surface area contributed by atoms with Gasteiger partial charge in [0.1, 0.15) is 0 Å². The summed E-state index contributed by atoms with van der Waals surface area (Å²) in [4.78, 5) is 24.0. The van der Waals surface area contributed by atoms with E-state index in [1.165, 1.54) is 17.8 Å². The van der Waals surface area contributed by atoms with Crippen LogP contribution in [0.2, 0.25) is 0 Å². The van der Waals surface area contributed by atoms with E-state index in [9.17, 15) is 19.8 Å². The maximum absolute atomic E-state index is 11.5. The van der Waals surface area contributed by atoms with Crippen molar-refractivity contribution in [2.24, 2.45) is 0 Å². The molecule has 4 nitrogen and oxygen atoms in total. The van der Waals surface area contributed by atoms with E-state index in [1.54, 1.807) is 12.1 Å². The Morgan fingerprint density at radius 2 is 1.52 bits per heavy atom. The Morgan fingerprint density at radius 1 is 0.783 bits per heavy atom. The van der Waals surface area contributed by atoms with Crippen LogP contribution in [0.15, 0.2) is 70.5 Å². The van der Waals surface area contributed by atoms with Crippen LogP contribution >= 0.6 is 11.8 Å². The highest BCUT2D eigenvalue weighted by molar-refractivity contribution is 7.99. The molecule has 2 N–H and O–H groups in total. The van der Waals surface area contributed by atoms with E-state index in [1.807, 2.05) is 42.5 Å². The van der Waals surface area contributed by atoms with Gasteiger partial charge >= 0.3 is 11.9 Å². The van der Waals surface area contributed by atoms with Gasteiger partial charge < -0.3 is 10.2 Å². The molecule has 0 spiro atoms. The molecule has 0 aliphatic heterocycles. The van der Waals surface area contributed by atoms with E-state index in [4.69, 9.17) is 0 Å². The zero-order valence-corrected chi connectivity index (χ0v) is 12.7. The van der Waals surface area contributed by atoms with Crippen LogP contribution in [0, 0.1) is 0 Å². The van der Waals surface area contributed by atoms with Crippen LogP contribution in [-0.4, -0.2) is 22.2 Å². The van der Waals surface area contributed by atoms with Crippen molar-refractivity contribution in [2.75, 3.05) is 0 Å². The molecule has 0 aromatic heterocycles. The van der Waals surface area contributed by atoms with Crippen molar-refractivity contribution < 1.29 is 19.8 Å². The number of aromatic carboxylic acids is 2. The largest absolute Gasteiger partial charge is 0.478 e. The summed E-state index contributed by atoms with van der Waals surface area (Å²) in [6.07, 6.45) is 0. The second-order valence-corrected chi connectivity index (χ2v) is 6.02. The van der Waals surface area contributed by atoms with Crippen molar-refractivity contribution in [1.29, 1.82) is 0 Å². The molecule has 0 bridgehead atoms. The number of hydrogen-bond donors (Lipinski definition) is 2. The number of rotatable bonds is 4. The molecule has 0 aliphatic carbocycles. The van der Waals surface area contributed by atoms with E-state index < -0.39 is 11.9 Å². The van der Waals surface area contributed by atoms with Gasteiger partial charge in [-0.15, -0.1) is 0 Å². The summed E-state index contributed by atoms with van der Waals surface area (Å²) in [5, 5.41) is 20.7. The third-order valence-electron chi connectivity index (χ3n) is 3.42. The van der Waals surface area contributed by atoms with Crippen LogP contribution in [0.5, 0.6) is 0 Å². The number of fused-ring (bicyclic) bond motifs is 1. The first kappa shape index (κ1) is 15.1. The average molecular weight is 324 g/mol. The molecule has 5 heteroatoms. The van der Waals surface area contributed by atoms with Gasteiger partial charge in [-0.05, 0) is 35.0 Å². The third-order valence-corrected chi connectivity index (χ3v) is 4.47. The maximum Gasteiger partial charge on any atom is 0.337 e. The van der Waals surface area contributed by atoms with Crippen molar-refractivity contribution in [3.63, 3.8) is 0 Å². The summed E-state index contributed by atoms with van der Waals surface area (Å²) >= 11 is 1.24. The zero-order valence-electron chi connectivity index (χ0n) is 11.9. The predicted molar refractivity (Wildman–Crippen MR) is 88.4 cm³/mol. The molecular formula is C18H12O4S. The van der Waals surface area contributed by atoms with Crippen LogP contribution in [0.1, 0.15) is 20.7 Å². The first-order valence-electron chi connectivity index (χ1n) is 6.82. The lowest BCUT2D eigenvalue weighted by Gasteiger charge is -2.09. The van der Waals surface area contributed by atoms with Crippen molar-refractivity contribution in [3.8, 4) is 0 Å². The molecule has 3 aromatic rings. The van der Waals surface area contributed by atoms with Gasteiger partial charge in [0, 0.05) is 9.79 Å². The van der Waals surface area contributed by atoms with Gasteiger partial charge in [0.05, 0.1) is 11.1 Å². The molecule has 0 saturated carbocycles. The molecule has 0 radical (unpaired) electrons. The fraction of sp³-hybridized carbons (Fsp3) is 0. The second kappa shape index (κ2) is 6.14. The highest BCUT2D eigenvalue weighted by atomic mass is 32.2. The Hall–Kier alpha value is -2.79. The summed E-state index contributed by atoms with van der Waals surface area (Å²) in [5.41, 5.74) is -0.388. The van der Waals surface area contributed by atoms with Crippen LogP contribution in [0.25, 0.3) is 10.8 Å². The van der Waals surface area contributed by atoms with Gasteiger partial charge in [-0.2, -0.15) is 0 Å². The Bertz CT molecular complexity index is 918. The summed E-state index contributed by atoms with van der Waals surface area (Å²) in [7, 11) is 0. The van der Waals surface area contributed by atoms with E-state index in [-0.39, 0.29) is 11.1 Å². The van der Waals surface area contributed by atoms with Crippen LogP contribution < -0.4 is 0 Å². The fourth-order valence-corrected chi connectivity index (χ4v) is 3.39. The Kier molecular flexibility index (Phi) is 4.04. The van der Waals surface area contributed by atoms with Gasteiger partial charge in [-0.25, -0.2) is 9.59 Å². The standard InChI is InChI=1S/C18H12O4S/c19-17(20)14-6-3-7-15(16(14)18(21)22)23-13-9-8-11-4-1-2-5-12(11)10-13/h1-10H,(H,19,20)(H,21,22). The van der Waals surface area contributed by atoms with Gasteiger partial charge in [-0.3, -0.25) is 0 Å². The molecule has 0 saturated heterocycles. The molecule has 0 atom stereocenters. The molecule has 23 heavy (non-hydrogen) atoms. The third kappa shape index (κ3) is 3.05. The molecule has 0 heterocycles. The van der Waals surface area contributed by atoms with Crippen molar-refractivity contribution in [2.45, 2.75) is 9.79 Å². The fourth-order valence-electron chi connectivity index (χ4n) is 2.37. The topological polar surface area (TPSA) is 74.6 Å². The predicted octanol–water partition coefficient (Wildman–Crippen LogP) is 4.39. The minimum absolute atomic E-state index is 0.182. The smallest absolute Gasteiger partial charge is 0.337 e. The Labute approximate surface area is 136 Å². The number of benzene rings is 3. The van der Waals surface area contributed by atoms with E-state index >= 15 is 0 Å². The monoisotopic (exact) mass is 324 g/mol. The lowest BCUT2D eigenvalue weighted by Crippen LogP contribution is -2.09. The highest BCUT2D eigenvalue weighted by Crippen LogP contribution is 2.33. The Balaban J connectivity index is 2.06. The van der Waals surface area contributed by atoms with Crippen LogP contribution in [-0.2, 0) is 0 Å². The molecule has 3 aromatic carbocycles. The first-order valence-corrected chi connectivity index (χ1v) is 7.64. The SMILES string of the molecule is O=C(O)c1cccc(Sc2ccc3ccccc3c2)c1C(=O)O. The second-order valence-electron chi connectivity index (χ2n) is 4.90. The molecule has 0 fully saturated rings. The number of carboxylic acids is 2. The van der Waals surface area contributed by atoms with Gasteiger partial charge in [0.25, 0.3) is 0 Å². The molecule has 114 valence electrons. The first-order chi connectivity index (χ1) is 11.1. The zero-order chi connectivity index (χ0) is 16.4. The minimum Gasteiger partial charge on any atom is -0.478 e. The maximum atomic E-state index is 11.5. The van der Waals surface area contributed by atoms with E-state index in [2.05, 4.69) is 0 Å². The van der Waals surface area contributed by atoms with Crippen molar-refractivity contribution >= 4 is 34.5 Å². The number of hydrogen-bond acceptors (Lipinski definition) is 3. The van der Waals surface area contributed by atoms with Gasteiger partial charge in [0.2, 0.25) is 0 Å². The molecule has 0 amide bonds. The van der Waals surface area contributed by atoms with Crippen LogP contribution in [0.4, 0.5) is 0 Å². The van der Waals surface area contributed by atoms with Crippen LogP contribution in [0.3, 0.4) is 0 Å². The highest BCUT2D eigenvalue weighted by Gasteiger charge is 2.20. The quantitative estimate of drug-likeness (QED) is 0.744. The number of carboxylic acid groups (broad SMARTS) is 2. The van der Waals surface area contributed by atoms with Crippen molar-refractivity contribution in [1.82, 2.24) is 0 Å². The summed E-state index contributed by atoms with van der Waals surface area (Å²) in [5.74, 6) is -2.49.